The summed E-state index contributed by atoms with van der Waals surface area (Å²) in [7, 11) is 0. The van der Waals surface area contributed by atoms with E-state index in [1.807, 2.05) is 19.1 Å². The highest BCUT2D eigenvalue weighted by molar-refractivity contribution is 6.35. The first-order valence-electron chi connectivity index (χ1n) is 4.81. The first kappa shape index (κ1) is 11.3. The lowest BCUT2D eigenvalue weighted by Crippen LogP contribution is -1.92. The lowest BCUT2D eigenvalue weighted by molar-refractivity contribution is 1.08. The summed E-state index contributed by atoms with van der Waals surface area (Å²) >= 11 is 11.9. The van der Waals surface area contributed by atoms with Crippen molar-refractivity contribution in [1.29, 1.82) is 0 Å². The number of nitrogens with two attached hydrogens (primary N) is 1. The maximum atomic E-state index is 6.08. The second-order valence-electron chi connectivity index (χ2n) is 3.61. The molecule has 0 bridgehead atoms. The summed E-state index contributed by atoms with van der Waals surface area (Å²) in [4.78, 5) is 7.16. The van der Waals surface area contributed by atoms with E-state index in [-0.39, 0.29) is 0 Å². The molecule has 0 atom stereocenters. The second kappa shape index (κ2) is 4.36. The summed E-state index contributed by atoms with van der Waals surface area (Å²) in [6, 6.07) is 5.44. The minimum Gasteiger partial charge on any atom is -0.369 e. The van der Waals surface area contributed by atoms with Crippen molar-refractivity contribution in [2.75, 3.05) is 5.73 Å². The molecule has 0 radical (unpaired) electrons. The van der Waals surface area contributed by atoms with Gasteiger partial charge < -0.3 is 10.7 Å². The molecule has 0 unspecified atom stereocenters. The van der Waals surface area contributed by atoms with Gasteiger partial charge in [-0.15, -0.1) is 0 Å². The number of aryl methyl sites for hydroxylation is 1. The van der Waals surface area contributed by atoms with E-state index in [4.69, 9.17) is 28.9 Å². The highest BCUT2D eigenvalue weighted by Gasteiger charge is 2.08. The number of hydrogen-bond acceptors (Lipinski definition) is 2. The van der Waals surface area contributed by atoms with Crippen LogP contribution in [-0.4, -0.2) is 9.97 Å². The minimum absolute atomic E-state index is 0.428. The number of hydrogen-bond donors (Lipinski definition) is 2. The number of H-pyrrole nitrogens is 1. The van der Waals surface area contributed by atoms with Crippen molar-refractivity contribution in [3.8, 4) is 0 Å². The Morgan fingerprint density at radius 2 is 2.12 bits per heavy atom. The van der Waals surface area contributed by atoms with Crippen LogP contribution < -0.4 is 5.73 Å². The van der Waals surface area contributed by atoms with Gasteiger partial charge in [0.2, 0.25) is 0 Å². The van der Waals surface area contributed by atoms with Crippen LogP contribution in [0.4, 0.5) is 5.95 Å². The molecule has 2 aromatic rings. The van der Waals surface area contributed by atoms with Crippen molar-refractivity contribution in [2.24, 2.45) is 0 Å². The molecule has 3 nitrogen and oxygen atoms in total. The Balaban J connectivity index is 2.30. The number of imidazole rings is 1. The number of anilines is 1. The van der Waals surface area contributed by atoms with Gasteiger partial charge in [-0.25, -0.2) is 4.98 Å². The largest absolute Gasteiger partial charge is 0.369 e. The van der Waals surface area contributed by atoms with E-state index >= 15 is 0 Å². The second-order valence-corrected chi connectivity index (χ2v) is 4.45. The quantitative estimate of drug-likeness (QED) is 0.866. The van der Waals surface area contributed by atoms with Crippen LogP contribution in [0.25, 0.3) is 0 Å². The Kier molecular flexibility index (Phi) is 3.08. The van der Waals surface area contributed by atoms with Crippen LogP contribution in [0, 0.1) is 6.92 Å². The van der Waals surface area contributed by atoms with Crippen molar-refractivity contribution < 1.29 is 0 Å². The highest BCUT2D eigenvalue weighted by atomic mass is 35.5. The molecule has 0 spiro atoms. The lowest BCUT2D eigenvalue weighted by atomic mass is 10.1. The highest BCUT2D eigenvalue weighted by Crippen LogP contribution is 2.23. The fraction of sp³-hybridized carbons (Fsp3) is 0.182. The van der Waals surface area contributed by atoms with Crippen LogP contribution in [-0.2, 0) is 6.42 Å². The predicted molar refractivity (Wildman–Crippen MR) is 67.0 cm³/mol. The van der Waals surface area contributed by atoms with E-state index in [2.05, 4.69) is 9.97 Å². The zero-order valence-electron chi connectivity index (χ0n) is 8.72. The summed E-state index contributed by atoms with van der Waals surface area (Å²) in [5, 5.41) is 1.28. The van der Waals surface area contributed by atoms with Gasteiger partial charge in [-0.3, -0.25) is 0 Å². The minimum atomic E-state index is 0.428. The molecule has 5 heteroatoms. The zero-order chi connectivity index (χ0) is 11.7. The van der Waals surface area contributed by atoms with Gasteiger partial charge in [-0.1, -0.05) is 29.3 Å². The van der Waals surface area contributed by atoms with Crippen LogP contribution in [0.15, 0.2) is 18.2 Å². The third-order valence-electron chi connectivity index (χ3n) is 2.38. The van der Waals surface area contributed by atoms with E-state index in [9.17, 15) is 0 Å². The van der Waals surface area contributed by atoms with Crippen molar-refractivity contribution in [3.63, 3.8) is 0 Å². The van der Waals surface area contributed by atoms with E-state index in [0.29, 0.717) is 22.4 Å². The van der Waals surface area contributed by atoms with Gasteiger partial charge in [0.25, 0.3) is 0 Å². The molecule has 84 valence electrons. The molecule has 0 aliphatic heterocycles. The summed E-state index contributed by atoms with van der Waals surface area (Å²) in [5.41, 5.74) is 8.43. The molecule has 16 heavy (non-hydrogen) atoms. The molecule has 0 saturated carbocycles. The number of benzene rings is 1. The molecule has 1 heterocycles. The maximum absolute atomic E-state index is 6.08. The van der Waals surface area contributed by atoms with E-state index in [1.54, 1.807) is 6.07 Å². The van der Waals surface area contributed by atoms with Crippen molar-refractivity contribution in [2.45, 2.75) is 13.3 Å². The normalized spacial score (nSPS) is 10.7. The van der Waals surface area contributed by atoms with E-state index in [0.717, 1.165) is 17.0 Å². The van der Waals surface area contributed by atoms with Crippen molar-refractivity contribution in [3.05, 3.63) is 45.2 Å². The first-order chi connectivity index (χ1) is 7.56. The van der Waals surface area contributed by atoms with Crippen molar-refractivity contribution >= 4 is 29.2 Å². The fourth-order valence-electron chi connectivity index (χ4n) is 1.54. The van der Waals surface area contributed by atoms with E-state index in [1.165, 1.54) is 0 Å². The SMILES string of the molecule is Cc1[nH]c(N)nc1Cc1ccc(Cl)cc1Cl. The summed E-state index contributed by atoms with van der Waals surface area (Å²) in [6.45, 7) is 1.93. The van der Waals surface area contributed by atoms with Crippen LogP contribution in [0.1, 0.15) is 17.0 Å². The molecule has 0 amide bonds. The standard InChI is InChI=1S/C11H11Cl2N3/c1-6-10(16-11(14)15-6)4-7-2-3-8(12)5-9(7)13/h2-3,5H,4H2,1H3,(H3,14,15,16). The van der Waals surface area contributed by atoms with Crippen LogP contribution in [0.3, 0.4) is 0 Å². The Bertz CT molecular complexity index is 520. The molecule has 3 N–H and O–H groups in total. The predicted octanol–water partition coefficient (Wildman–Crippen LogP) is 3.20. The topological polar surface area (TPSA) is 54.7 Å². The molecular formula is C11H11Cl2N3. The molecule has 0 saturated heterocycles. The van der Waals surface area contributed by atoms with Crippen LogP contribution >= 0.6 is 23.2 Å². The smallest absolute Gasteiger partial charge is 0.197 e. The molecule has 0 aliphatic rings. The molecule has 1 aromatic carbocycles. The van der Waals surface area contributed by atoms with Gasteiger partial charge in [0.05, 0.1) is 5.69 Å². The lowest BCUT2D eigenvalue weighted by Gasteiger charge is -2.03. The first-order valence-corrected chi connectivity index (χ1v) is 5.56. The summed E-state index contributed by atoms with van der Waals surface area (Å²) in [6.07, 6.45) is 0.648. The molecule has 0 fully saturated rings. The number of nitrogens with zero attached hydrogens (tertiary/aromatic N) is 1. The summed E-state index contributed by atoms with van der Waals surface area (Å²) < 4.78 is 0. The Hall–Kier alpha value is -1.19. The number of aromatic nitrogens is 2. The fourth-order valence-corrected chi connectivity index (χ4v) is 2.01. The number of nitrogens with one attached hydrogen (secondary N) is 1. The van der Waals surface area contributed by atoms with Crippen LogP contribution in [0.5, 0.6) is 0 Å². The summed E-state index contributed by atoms with van der Waals surface area (Å²) in [5.74, 6) is 0.428. The number of halogens is 2. The molecular weight excluding hydrogens is 245 g/mol. The Labute approximate surface area is 104 Å². The average Bonchev–Trinajstić information content (AvgIpc) is 2.50. The maximum Gasteiger partial charge on any atom is 0.197 e. The van der Waals surface area contributed by atoms with Crippen molar-refractivity contribution in [1.82, 2.24) is 9.97 Å². The number of aromatic amines is 1. The molecule has 1 aromatic heterocycles. The van der Waals surface area contributed by atoms with Gasteiger partial charge in [-0.2, -0.15) is 0 Å². The zero-order valence-corrected chi connectivity index (χ0v) is 10.2. The third kappa shape index (κ3) is 2.31. The van der Waals surface area contributed by atoms with Gasteiger partial charge in [0, 0.05) is 22.2 Å². The van der Waals surface area contributed by atoms with Gasteiger partial charge in [-0.05, 0) is 24.6 Å². The van der Waals surface area contributed by atoms with Crippen LogP contribution in [0.2, 0.25) is 10.0 Å². The van der Waals surface area contributed by atoms with Gasteiger partial charge in [0.1, 0.15) is 0 Å². The monoisotopic (exact) mass is 255 g/mol. The third-order valence-corrected chi connectivity index (χ3v) is 2.96. The van der Waals surface area contributed by atoms with E-state index < -0.39 is 0 Å². The number of nitrogen functional groups attached to an aromatic ring is 1. The van der Waals surface area contributed by atoms with Gasteiger partial charge in [0.15, 0.2) is 5.95 Å². The Morgan fingerprint density at radius 3 is 2.69 bits per heavy atom. The Morgan fingerprint density at radius 1 is 1.38 bits per heavy atom. The van der Waals surface area contributed by atoms with Gasteiger partial charge >= 0.3 is 0 Å². The number of rotatable bonds is 2. The average molecular weight is 256 g/mol. The molecule has 0 aliphatic carbocycles. The molecule has 2 rings (SSSR count).